The van der Waals surface area contributed by atoms with Crippen LogP contribution in [-0.4, -0.2) is 17.5 Å². The molecule has 0 bridgehead atoms. The third-order valence-corrected chi connectivity index (χ3v) is 2.22. The molecule has 1 unspecified atom stereocenters. The van der Waals surface area contributed by atoms with Gasteiger partial charge in [-0.05, 0) is 6.92 Å². The molecule has 2 nitrogen and oxygen atoms in total. The maximum absolute atomic E-state index is 12.0. The van der Waals surface area contributed by atoms with Gasteiger partial charge in [-0.3, -0.25) is 0 Å². The number of thiazole rings is 1. The van der Waals surface area contributed by atoms with Gasteiger partial charge in [0.1, 0.15) is 5.01 Å². The van der Waals surface area contributed by atoms with E-state index in [9.17, 15) is 8.78 Å². The Labute approximate surface area is 73.6 Å². The second-order valence-electron chi connectivity index (χ2n) is 2.43. The summed E-state index contributed by atoms with van der Waals surface area (Å²) in [6.45, 7) is 1.88. The van der Waals surface area contributed by atoms with E-state index in [1.807, 2.05) is 5.38 Å². The Balaban J connectivity index is 2.27. The van der Waals surface area contributed by atoms with E-state index < -0.39 is 12.5 Å². The highest BCUT2D eigenvalue weighted by Gasteiger charge is 2.13. The van der Waals surface area contributed by atoms with E-state index in [-0.39, 0.29) is 0 Å². The van der Waals surface area contributed by atoms with Crippen LogP contribution in [0.15, 0.2) is 11.6 Å². The van der Waals surface area contributed by atoms with Gasteiger partial charge >= 0.3 is 0 Å². The standard InChI is InChI=1S/C7H10F2N2S/c1-5(7(8)9)11-4-6-10-2-3-12-6/h2-3,5,7,11H,4H2,1H3. The maximum atomic E-state index is 12.0. The van der Waals surface area contributed by atoms with Crippen LogP contribution in [0.4, 0.5) is 8.78 Å². The van der Waals surface area contributed by atoms with Gasteiger partial charge in [0.25, 0.3) is 6.43 Å². The molecule has 12 heavy (non-hydrogen) atoms. The van der Waals surface area contributed by atoms with Gasteiger partial charge in [0.15, 0.2) is 0 Å². The summed E-state index contributed by atoms with van der Waals surface area (Å²) in [7, 11) is 0. The number of rotatable bonds is 4. The van der Waals surface area contributed by atoms with Crippen molar-refractivity contribution in [2.75, 3.05) is 0 Å². The molecule has 0 saturated carbocycles. The topological polar surface area (TPSA) is 24.9 Å². The highest BCUT2D eigenvalue weighted by molar-refractivity contribution is 7.09. The molecule has 5 heteroatoms. The number of nitrogens with zero attached hydrogens (tertiary/aromatic N) is 1. The minimum Gasteiger partial charge on any atom is -0.303 e. The first-order valence-corrected chi connectivity index (χ1v) is 4.48. The van der Waals surface area contributed by atoms with E-state index in [2.05, 4.69) is 10.3 Å². The minimum atomic E-state index is -2.31. The molecule has 1 aromatic heterocycles. The molecule has 0 aromatic carbocycles. The van der Waals surface area contributed by atoms with Crippen LogP contribution in [0.1, 0.15) is 11.9 Å². The number of alkyl halides is 2. The van der Waals surface area contributed by atoms with Crippen LogP contribution in [0.2, 0.25) is 0 Å². The maximum Gasteiger partial charge on any atom is 0.253 e. The van der Waals surface area contributed by atoms with Crippen LogP contribution in [0, 0.1) is 0 Å². The quantitative estimate of drug-likeness (QED) is 0.788. The molecular weight excluding hydrogens is 182 g/mol. The molecule has 0 aliphatic carbocycles. The van der Waals surface area contributed by atoms with E-state index in [0.29, 0.717) is 6.54 Å². The number of halogens is 2. The lowest BCUT2D eigenvalue weighted by Gasteiger charge is -2.10. The highest BCUT2D eigenvalue weighted by Crippen LogP contribution is 2.05. The predicted molar refractivity (Wildman–Crippen MR) is 44.4 cm³/mol. The molecule has 0 aliphatic rings. The average Bonchev–Trinajstić information content (AvgIpc) is 2.51. The van der Waals surface area contributed by atoms with E-state index in [1.54, 1.807) is 6.20 Å². The van der Waals surface area contributed by atoms with Crippen LogP contribution < -0.4 is 5.32 Å². The molecular formula is C7H10F2N2S. The van der Waals surface area contributed by atoms with Crippen molar-refractivity contribution in [3.63, 3.8) is 0 Å². The Hall–Kier alpha value is -0.550. The second-order valence-corrected chi connectivity index (χ2v) is 3.41. The van der Waals surface area contributed by atoms with E-state index in [0.717, 1.165) is 5.01 Å². The summed E-state index contributed by atoms with van der Waals surface area (Å²) in [4.78, 5) is 3.96. The number of aromatic nitrogens is 1. The summed E-state index contributed by atoms with van der Waals surface area (Å²) in [6.07, 6.45) is -0.653. The third-order valence-electron chi connectivity index (χ3n) is 1.44. The molecule has 1 aromatic rings. The van der Waals surface area contributed by atoms with Gasteiger partial charge < -0.3 is 5.32 Å². The van der Waals surface area contributed by atoms with Crippen molar-refractivity contribution in [1.29, 1.82) is 0 Å². The monoisotopic (exact) mass is 192 g/mol. The molecule has 0 saturated heterocycles. The smallest absolute Gasteiger partial charge is 0.253 e. The average molecular weight is 192 g/mol. The van der Waals surface area contributed by atoms with Gasteiger partial charge in [-0.25, -0.2) is 13.8 Å². The van der Waals surface area contributed by atoms with Crippen LogP contribution in [-0.2, 0) is 6.54 Å². The lowest BCUT2D eigenvalue weighted by atomic mass is 10.3. The molecule has 0 radical (unpaired) electrons. The summed E-state index contributed by atoms with van der Waals surface area (Å²) < 4.78 is 24.0. The van der Waals surface area contributed by atoms with E-state index in [1.165, 1.54) is 18.3 Å². The fourth-order valence-corrected chi connectivity index (χ4v) is 1.24. The first kappa shape index (κ1) is 9.54. The molecule has 1 N–H and O–H groups in total. The molecule has 0 fully saturated rings. The largest absolute Gasteiger partial charge is 0.303 e. The van der Waals surface area contributed by atoms with Crippen molar-refractivity contribution >= 4 is 11.3 Å². The molecule has 1 rings (SSSR count). The van der Waals surface area contributed by atoms with Gasteiger partial charge in [-0.15, -0.1) is 11.3 Å². The molecule has 0 amide bonds. The van der Waals surface area contributed by atoms with Crippen LogP contribution in [0.5, 0.6) is 0 Å². The number of nitrogens with one attached hydrogen (secondary N) is 1. The zero-order valence-corrected chi connectivity index (χ0v) is 7.44. The fourth-order valence-electron chi connectivity index (χ4n) is 0.678. The first-order chi connectivity index (χ1) is 5.70. The van der Waals surface area contributed by atoms with E-state index >= 15 is 0 Å². The van der Waals surface area contributed by atoms with E-state index in [4.69, 9.17) is 0 Å². The lowest BCUT2D eigenvalue weighted by Crippen LogP contribution is -2.31. The summed E-state index contributed by atoms with van der Waals surface area (Å²) in [5, 5.41) is 5.34. The Morgan fingerprint density at radius 3 is 2.92 bits per heavy atom. The van der Waals surface area contributed by atoms with Crippen molar-refractivity contribution in [3.05, 3.63) is 16.6 Å². The molecule has 68 valence electrons. The van der Waals surface area contributed by atoms with Crippen molar-refractivity contribution < 1.29 is 8.78 Å². The number of hydrogen-bond acceptors (Lipinski definition) is 3. The molecule has 1 atom stereocenters. The summed E-state index contributed by atoms with van der Waals surface area (Å²) >= 11 is 1.46. The summed E-state index contributed by atoms with van der Waals surface area (Å²) in [5.41, 5.74) is 0. The van der Waals surface area contributed by atoms with Gasteiger partial charge in [-0.2, -0.15) is 0 Å². The Morgan fingerprint density at radius 2 is 2.42 bits per heavy atom. The molecule has 0 spiro atoms. The predicted octanol–water partition coefficient (Wildman–Crippen LogP) is 1.89. The van der Waals surface area contributed by atoms with Crippen molar-refractivity contribution in [1.82, 2.24) is 10.3 Å². The second kappa shape index (κ2) is 4.47. The zero-order chi connectivity index (χ0) is 8.97. The van der Waals surface area contributed by atoms with Crippen LogP contribution in [0.3, 0.4) is 0 Å². The SMILES string of the molecule is CC(NCc1nccs1)C(F)F. The summed E-state index contributed by atoms with van der Waals surface area (Å²) in [5.74, 6) is 0. The zero-order valence-electron chi connectivity index (χ0n) is 6.63. The van der Waals surface area contributed by atoms with Gasteiger partial charge in [0, 0.05) is 18.1 Å². The Morgan fingerprint density at radius 1 is 1.67 bits per heavy atom. The van der Waals surface area contributed by atoms with Crippen LogP contribution in [0.25, 0.3) is 0 Å². The lowest BCUT2D eigenvalue weighted by molar-refractivity contribution is 0.105. The Bertz CT molecular complexity index is 213. The van der Waals surface area contributed by atoms with Crippen molar-refractivity contribution in [2.45, 2.75) is 25.9 Å². The van der Waals surface area contributed by atoms with Crippen LogP contribution >= 0.6 is 11.3 Å². The molecule has 0 aliphatic heterocycles. The summed E-state index contributed by atoms with van der Waals surface area (Å²) in [6, 6.07) is -0.770. The van der Waals surface area contributed by atoms with Crippen molar-refractivity contribution in [2.24, 2.45) is 0 Å². The normalized spacial score (nSPS) is 13.7. The first-order valence-electron chi connectivity index (χ1n) is 3.60. The van der Waals surface area contributed by atoms with Crippen molar-refractivity contribution in [3.8, 4) is 0 Å². The number of hydrogen-bond donors (Lipinski definition) is 1. The highest BCUT2D eigenvalue weighted by atomic mass is 32.1. The van der Waals surface area contributed by atoms with Gasteiger partial charge in [-0.1, -0.05) is 0 Å². The van der Waals surface area contributed by atoms with Gasteiger partial charge in [0.05, 0.1) is 6.04 Å². The Kier molecular flexibility index (Phi) is 3.55. The fraction of sp³-hybridized carbons (Fsp3) is 0.571. The third kappa shape index (κ3) is 2.83. The molecule has 1 heterocycles. The van der Waals surface area contributed by atoms with Gasteiger partial charge in [0.2, 0.25) is 0 Å². The minimum absolute atomic E-state index is 0.420.